The van der Waals surface area contributed by atoms with Gasteiger partial charge in [-0.3, -0.25) is 47.9 Å². The van der Waals surface area contributed by atoms with Crippen molar-refractivity contribution in [1.82, 2.24) is 51.5 Å². The molecule has 0 aromatic heterocycles. The molecule has 0 aliphatic carbocycles. The van der Waals surface area contributed by atoms with E-state index in [1.54, 1.807) is 34.6 Å². The third-order valence-corrected chi connectivity index (χ3v) is 15.4. The van der Waals surface area contributed by atoms with Crippen LogP contribution in [-0.2, 0) is 54.4 Å². The zero-order valence-corrected chi connectivity index (χ0v) is 45.0. The van der Waals surface area contributed by atoms with Crippen molar-refractivity contribution in [3.8, 4) is 0 Å². The topological polar surface area (TPSA) is 282 Å². The molecule has 4 fully saturated rings. The van der Waals surface area contributed by atoms with Crippen molar-refractivity contribution in [3.05, 3.63) is 47.8 Å². The van der Waals surface area contributed by atoms with Gasteiger partial charge in [0.25, 0.3) is 5.91 Å². The number of fused-ring (bicyclic) bond motifs is 3. The lowest BCUT2D eigenvalue weighted by Gasteiger charge is -2.34. The van der Waals surface area contributed by atoms with Gasteiger partial charge in [-0.15, -0.1) is 0 Å². The standard InChI is InChI=1S/C54H81N11O10/c1-9-33(8)44(45(55)66)61-49(70)39-20-13-23-62(39)52(73)37-29-56-43(32(6)7)54(75)64-25-15-21-40(64)48(69)60-42(31(4)5)50(71)58-36(28-34-17-11-10-12-18-34)51(72)65-26-16-22-41(65)53(74)63-24-14-19-38(63)47(68)57-35(27-30(2)3)46(67)59-37/h10-12,17-18,29-33,35-36,38-44,56H,9,13-16,19-28H2,1-8H3,(H2,55,66)(H,57,68)(H,58,71)(H,59,67)(H,60,69)(H,61,70)/b37-29-/t33-,35-,36-,38-,39-,40-,41-,42-,43-,44-/m0/s1. The first-order valence-electron chi connectivity index (χ1n) is 27.2. The molecule has 1 aromatic carbocycles. The molecule has 6 rings (SSSR count). The molecule has 1 aromatic rings. The van der Waals surface area contributed by atoms with Crippen LogP contribution in [0.1, 0.15) is 125 Å². The Morgan fingerprint density at radius 3 is 1.76 bits per heavy atom. The van der Waals surface area contributed by atoms with Crippen molar-refractivity contribution in [2.45, 2.75) is 180 Å². The summed E-state index contributed by atoms with van der Waals surface area (Å²) < 4.78 is 0. The fourth-order valence-electron chi connectivity index (χ4n) is 11.0. The third-order valence-electron chi connectivity index (χ3n) is 15.4. The van der Waals surface area contributed by atoms with E-state index in [1.807, 2.05) is 51.1 Å². The van der Waals surface area contributed by atoms with Crippen molar-refractivity contribution in [1.29, 1.82) is 0 Å². The SMILES string of the molecule is CC[C@H](C)[C@H](NC(=O)[C@@H]1CCCN1C(=O)/C1=C/N[C@@H](C(C)C)C(=O)N2CCC[C@H]2C(=O)N[C@@H](C(C)C)C(=O)N[C@@H](Cc2ccccc2)C(=O)N2CCC[C@H]2C(=O)N2CCC[C@H]2C(=O)N[C@@H](CC(C)C)C(=O)N1)C(N)=O. The summed E-state index contributed by atoms with van der Waals surface area (Å²) in [5.41, 5.74) is 6.11. The van der Waals surface area contributed by atoms with Gasteiger partial charge in [-0.2, -0.15) is 0 Å². The molecule has 5 aliphatic rings. The van der Waals surface area contributed by atoms with Gasteiger partial charge >= 0.3 is 0 Å². The molecule has 5 aliphatic heterocycles. The van der Waals surface area contributed by atoms with Crippen LogP contribution < -0.4 is 37.6 Å². The quantitative estimate of drug-likeness (QED) is 0.155. The zero-order valence-electron chi connectivity index (χ0n) is 45.0. The number of carbonyl (C=O) groups excluding carboxylic acids is 10. The highest BCUT2D eigenvalue weighted by Crippen LogP contribution is 2.28. The highest BCUT2D eigenvalue weighted by molar-refractivity contribution is 6.03. The van der Waals surface area contributed by atoms with Crippen LogP contribution in [0.25, 0.3) is 0 Å². The van der Waals surface area contributed by atoms with E-state index in [9.17, 15) is 47.9 Å². The predicted octanol–water partition coefficient (Wildman–Crippen LogP) is 0.951. The van der Waals surface area contributed by atoms with Crippen LogP contribution in [0.4, 0.5) is 0 Å². The molecule has 0 spiro atoms. The summed E-state index contributed by atoms with van der Waals surface area (Å²) in [7, 11) is 0. The van der Waals surface area contributed by atoms with E-state index in [4.69, 9.17) is 5.73 Å². The highest BCUT2D eigenvalue weighted by Gasteiger charge is 2.46. The molecule has 0 radical (unpaired) electrons. The van der Waals surface area contributed by atoms with Gasteiger partial charge in [-0.1, -0.05) is 92.1 Å². The number of hydrogen-bond acceptors (Lipinski definition) is 11. The van der Waals surface area contributed by atoms with Crippen LogP contribution in [-0.4, -0.2) is 159 Å². The summed E-state index contributed by atoms with van der Waals surface area (Å²) >= 11 is 0. The Morgan fingerprint density at radius 1 is 0.640 bits per heavy atom. The first-order chi connectivity index (χ1) is 35.6. The fourth-order valence-corrected chi connectivity index (χ4v) is 11.0. The number of amides is 10. The molecule has 412 valence electrons. The van der Waals surface area contributed by atoms with Gasteiger partial charge in [0.1, 0.15) is 60.1 Å². The smallest absolute Gasteiger partial charge is 0.272 e. The minimum atomic E-state index is -1.23. The van der Waals surface area contributed by atoms with Gasteiger partial charge in [-0.05, 0) is 87.0 Å². The second-order valence-electron chi connectivity index (χ2n) is 22.1. The second kappa shape index (κ2) is 25.8. The molecule has 0 bridgehead atoms. The summed E-state index contributed by atoms with van der Waals surface area (Å²) in [6.07, 6.45) is 4.96. The number of primary amides is 1. The maximum absolute atomic E-state index is 14.9. The lowest BCUT2D eigenvalue weighted by atomic mass is 9.98. The molecule has 0 unspecified atom stereocenters. The summed E-state index contributed by atoms with van der Waals surface area (Å²) in [4.78, 5) is 149. The molecule has 5 heterocycles. The van der Waals surface area contributed by atoms with Crippen LogP contribution >= 0.6 is 0 Å². The number of nitrogens with zero attached hydrogens (tertiary/aromatic N) is 4. The Hall–Kier alpha value is -6.54. The average Bonchev–Trinajstić information content (AvgIpc) is 4.23. The lowest BCUT2D eigenvalue weighted by molar-refractivity contribution is -0.148. The van der Waals surface area contributed by atoms with Gasteiger partial charge in [0, 0.05) is 38.8 Å². The number of rotatable bonds is 12. The van der Waals surface area contributed by atoms with Crippen molar-refractivity contribution in [2.24, 2.45) is 29.4 Å². The molecular formula is C54H81N11O10. The van der Waals surface area contributed by atoms with Gasteiger partial charge < -0.3 is 57.2 Å². The lowest BCUT2D eigenvalue weighted by Crippen LogP contribution is -2.61. The van der Waals surface area contributed by atoms with E-state index in [-0.39, 0.29) is 75.8 Å². The Bertz CT molecular complexity index is 2330. The number of carbonyl (C=O) groups is 10. The molecule has 10 atom stereocenters. The summed E-state index contributed by atoms with van der Waals surface area (Å²) in [5.74, 6) is -7.39. The van der Waals surface area contributed by atoms with Gasteiger partial charge in [0.05, 0.1) is 0 Å². The Labute approximate surface area is 441 Å². The molecular weight excluding hydrogens is 963 g/mol. The van der Waals surface area contributed by atoms with E-state index in [0.29, 0.717) is 38.5 Å². The molecule has 0 saturated carbocycles. The third kappa shape index (κ3) is 13.9. The van der Waals surface area contributed by atoms with Gasteiger partial charge in [0.15, 0.2) is 0 Å². The molecule has 10 amide bonds. The monoisotopic (exact) mass is 1040 g/mol. The average molecular weight is 1040 g/mol. The van der Waals surface area contributed by atoms with Crippen LogP contribution in [0.15, 0.2) is 42.2 Å². The van der Waals surface area contributed by atoms with Crippen molar-refractivity contribution in [3.63, 3.8) is 0 Å². The zero-order chi connectivity index (χ0) is 54.8. The maximum Gasteiger partial charge on any atom is 0.272 e. The van der Waals surface area contributed by atoms with Crippen molar-refractivity contribution >= 4 is 59.1 Å². The normalized spacial score (nSPS) is 28.3. The van der Waals surface area contributed by atoms with E-state index in [0.717, 1.165) is 5.56 Å². The van der Waals surface area contributed by atoms with E-state index < -0.39 is 125 Å². The van der Waals surface area contributed by atoms with Crippen LogP contribution in [0.5, 0.6) is 0 Å². The van der Waals surface area contributed by atoms with Crippen molar-refractivity contribution in [2.75, 3.05) is 26.2 Å². The largest absolute Gasteiger partial charge is 0.378 e. The fraction of sp³-hybridized carbons (Fsp3) is 0.667. The highest BCUT2D eigenvalue weighted by atomic mass is 16.2. The van der Waals surface area contributed by atoms with Gasteiger partial charge in [-0.25, -0.2) is 0 Å². The molecule has 21 heteroatoms. The van der Waals surface area contributed by atoms with Crippen LogP contribution in [0.2, 0.25) is 0 Å². The Kier molecular flexibility index (Phi) is 19.9. The van der Waals surface area contributed by atoms with Crippen LogP contribution in [0, 0.1) is 23.7 Å². The second-order valence-corrected chi connectivity index (χ2v) is 22.1. The first kappa shape index (κ1) is 57.7. The number of hydrogen-bond donors (Lipinski definition) is 7. The Balaban J connectivity index is 1.40. The van der Waals surface area contributed by atoms with Gasteiger partial charge in [0.2, 0.25) is 53.2 Å². The molecule has 21 nitrogen and oxygen atoms in total. The summed E-state index contributed by atoms with van der Waals surface area (Å²) in [6.45, 7) is 15.2. The first-order valence-corrected chi connectivity index (χ1v) is 27.2. The molecule has 4 saturated heterocycles. The number of benzene rings is 1. The van der Waals surface area contributed by atoms with Crippen molar-refractivity contribution < 1.29 is 47.9 Å². The minimum Gasteiger partial charge on any atom is -0.378 e. The van der Waals surface area contributed by atoms with E-state index in [2.05, 4.69) is 31.9 Å². The summed E-state index contributed by atoms with van der Waals surface area (Å²) in [5, 5.41) is 17.2. The number of nitrogens with one attached hydrogen (secondary N) is 6. The Morgan fingerprint density at radius 2 is 1.19 bits per heavy atom. The molecule has 75 heavy (non-hydrogen) atoms. The minimum absolute atomic E-state index is 0.0929. The van der Waals surface area contributed by atoms with E-state index in [1.165, 1.54) is 25.8 Å². The number of likely N-dealkylation sites (tertiary alicyclic amines) is 1. The van der Waals surface area contributed by atoms with E-state index >= 15 is 0 Å². The van der Waals surface area contributed by atoms with Crippen LogP contribution in [0.3, 0.4) is 0 Å². The summed E-state index contributed by atoms with van der Waals surface area (Å²) in [6, 6.07) is -0.368. The number of nitrogens with two attached hydrogens (primary N) is 1. The maximum atomic E-state index is 14.9. The molecule has 8 N–H and O–H groups in total. The predicted molar refractivity (Wildman–Crippen MR) is 278 cm³/mol.